The SMILES string of the molecule is CC(O)CCO.O[B]O. The average molecular weight is 135 g/mol. The smallest absolute Gasteiger partial charge is 0.429 e. The van der Waals surface area contributed by atoms with Crippen LogP contribution in [0.25, 0.3) is 0 Å². The van der Waals surface area contributed by atoms with Gasteiger partial charge in [0.1, 0.15) is 0 Å². The van der Waals surface area contributed by atoms with E-state index < -0.39 is 0 Å². The van der Waals surface area contributed by atoms with E-state index in [2.05, 4.69) is 0 Å². The van der Waals surface area contributed by atoms with Crippen molar-refractivity contribution in [2.45, 2.75) is 19.4 Å². The maximum atomic E-state index is 8.39. The summed E-state index contributed by atoms with van der Waals surface area (Å²) in [5, 5.41) is 30.5. The first-order valence-corrected chi connectivity index (χ1v) is 2.58. The van der Waals surface area contributed by atoms with Gasteiger partial charge >= 0.3 is 7.69 Å². The van der Waals surface area contributed by atoms with Crippen LogP contribution in [0.5, 0.6) is 0 Å². The highest BCUT2D eigenvalue weighted by Crippen LogP contribution is 1.83. The van der Waals surface area contributed by atoms with Crippen molar-refractivity contribution in [3.63, 3.8) is 0 Å². The molecule has 0 aliphatic heterocycles. The zero-order valence-corrected chi connectivity index (χ0v) is 5.36. The summed E-state index contributed by atoms with van der Waals surface area (Å²) in [6, 6.07) is 0. The largest absolute Gasteiger partial charge is 0.482 e. The third kappa shape index (κ3) is 32.7. The van der Waals surface area contributed by atoms with Gasteiger partial charge in [-0.25, -0.2) is 0 Å². The van der Waals surface area contributed by atoms with Crippen LogP contribution in [0.15, 0.2) is 0 Å². The molecule has 5 heteroatoms. The van der Waals surface area contributed by atoms with Gasteiger partial charge in [-0.1, -0.05) is 0 Å². The third-order valence-corrected chi connectivity index (χ3v) is 0.547. The van der Waals surface area contributed by atoms with E-state index in [-0.39, 0.29) is 20.4 Å². The molecule has 55 valence electrons. The number of aliphatic hydroxyl groups excluding tert-OH is 2. The minimum atomic E-state index is -0.352. The summed E-state index contributed by atoms with van der Waals surface area (Å²) in [6.45, 7) is 1.73. The number of aliphatic hydroxyl groups is 2. The van der Waals surface area contributed by atoms with E-state index in [0.29, 0.717) is 6.42 Å². The lowest BCUT2D eigenvalue weighted by atomic mass is 10.3. The normalized spacial score (nSPS) is 11.2. The fraction of sp³-hybridized carbons (Fsp3) is 1.00. The molecule has 0 saturated heterocycles. The van der Waals surface area contributed by atoms with Crippen LogP contribution >= 0.6 is 0 Å². The molecule has 0 aliphatic rings. The Kier molecular flexibility index (Phi) is 14.0. The summed E-state index contributed by atoms with van der Waals surface area (Å²) in [6.07, 6.45) is 0.134. The molecule has 4 N–H and O–H groups in total. The van der Waals surface area contributed by atoms with Crippen molar-refractivity contribution >= 4 is 7.69 Å². The van der Waals surface area contributed by atoms with Crippen molar-refractivity contribution in [3.8, 4) is 0 Å². The van der Waals surface area contributed by atoms with Gasteiger partial charge in [-0.15, -0.1) is 0 Å². The van der Waals surface area contributed by atoms with E-state index in [4.69, 9.17) is 20.3 Å². The lowest BCUT2D eigenvalue weighted by molar-refractivity contribution is 0.148. The molecule has 0 spiro atoms. The Morgan fingerprint density at radius 1 is 1.44 bits per heavy atom. The van der Waals surface area contributed by atoms with Crippen LogP contribution < -0.4 is 0 Å². The van der Waals surface area contributed by atoms with Crippen molar-refractivity contribution in [1.82, 2.24) is 0 Å². The van der Waals surface area contributed by atoms with Crippen LogP contribution in [0, 0.1) is 0 Å². The highest BCUT2D eigenvalue weighted by molar-refractivity contribution is 6.13. The average Bonchev–Trinajstić information content (AvgIpc) is 1.67. The Labute approximate surface area is 55.1 Å². The summed E-state index contributed by atoms with van der Waals surface area (Å²) >= 11 is 0. The molecule has 1 unspecified atom stereocenters. The lowest BCUT2D eigenvalue weighted by Gasteiger charge is -1.95. The first kappa shape index (κ1) is 11.7. The number of hydrogen-bond donors (Lipinski definition) is 4. The van der Waals surface area contributed by atoms with Crippen molar-refractivity contribution in [1.29, 1.82) is 0 Å². The second-order valence-electron chi connectivity index (χ2n) is 1.48. The lowest BCUT2D eigenvalue weighted by Crippen LogP contribution is -2.00. The highest BCUT2D eigenvalue weighted by atomic mass is 16.4. The second-order valence-corrected chi connectivity index (χ2v) is 1.48. The monoisotopic (exact) mass is 135 g/mol. The number of hydrogen-bond acceptors (Lipinski definition) is 4. The number of rotatable bonds is 2. The van der Waals surface area contributed by atoms with Gasteiger partial charge in [0.25, 0.3) is 0 Å². The first-order chi connectivity index (χ1) is 4.18. The Morgan fingerprint density at radius 3 is 1.78 bits per heavy atom. The minimum absolute atomic E-state index is 0. The molecule has 1 atom stereocenters. The van der Waals surface area contributed by atoms with Gasteiger partial charge in [-0.3, -0.25) is 0 Å². The molecule has 0 aromatic heterocycles. The molecule has 0 aromatic rings. The highest BCUT2D eigenvalue weighted by Gasteiger charge is 1.88. The molecule has 0 aromatic carbocycles. The molecule has 0 heterocycles. The van der Waals surface area contributed by atoms with Gasteiger partial charge in [-0.05, 0) is 13.3 Å². The topological polar surface area (TPSA) is 80.9 Å². The molecule has 0 saturated carbocycles. The van der Waals surface area contributed by atoms with Crippen LogP contribution in [0.4, 0.5) is 0 Å². The minimum Gasteiger partial charge on any atom is -0.429 e. The predicted octanol–water partition coefficient (Wildman–Crippen LogP) is -1.75. The summed E-state index contributed by atoms with van der Waals surface area (Å²) < 4.78 is 0. The van der Waals surface area contributed by atoms with Crippen molar-refractivity contribution in [3.05, 3.63) is 0 Å². The summed E-state index contributed by atoms with van der Waals surface area (Å²) in [5.74, 6) is 0. The van der Waals surface area contributed by atoms with Gasteiger partial charge in [-0.2, -0.15) is 0 Å². The molecule has 4 nitrogen and oxygen atoms in total. The molecule has 0 aliphatic carbocycles. The quantitative estimate of drug-likeness (QED) is 0.338. The molecule has 0 amide bonds. The molecule has 0 rings (SSSR count). The van der Waals surface area contributed by atoms with Crippen molar-refractivity contribution in [2.75, 3.05) is 6.61 Å². The van der Waals surface area contributed by atoms with Crippen molar-refractivity contribution in [2.24, 2.45) is 0 Å². The van der Waals surface area contributed by atoms with E-state index in [9.17, 15) is 0 Å². The summed E-state index contributed by atoms with van der Waals surface area (Å²) in [7, 11) is 0. The maximum absolute atomic E-state index is 8.39. The van der Waals surface area contributed by atoms with E-state index in [0.717, 1.165) is 0 Å². The van der Waals surface area contributed by atoms with Crippen LogP contribution in [0.1, 0.15) is 13.3 Å². The Balaban J connectivity index is 0. The maximum Gasteiger partial charge on any atom is 0.482 e. The van der Waals surface area contributed by atoms with Crippen LogP contribution in [0.2, 0.25) is 0 Å². The standard InChI is InChI=1S/C4H10O2.BH2O2/c1-4(6)2-3-5;2-1-3/h4-6H,2-3H2,1H3;2-3H. The van der Waals surface area contributed by atoms with E-state index in [1.54, 1.807) is 6.92 Å². The zero-order valence-electron chi connectivity index (χ0n) is 5.36. The Hall–Kier alpha value is -0.0951. The first-order valence-electron chi connectivity index (χ1n) is 2.58. The molecule has 0 bridgehead atoms. The summed E-state index contributed by atoms with van der Waals surface area (Å²) in [4.78, 5) is 0. The third-order valence-electron chi connectivity index (χ3n) is 0.547. The van der Waals surface area contributed by atoms with Gasteiger partial charge in [0, 0.05) is 6.61 Å². The molecular formula is C4H12BO4. The van der Waals surface area contributed by atoms with Gasteiger partial charge < -0.3 is 20.3 Å². The second kappa shape index (κ2) is 10.8. The predicted molar refractivity (Wildman–Crippen MR) is 33.6 cm³/mol. The van der Waals surface area contributed by atoms with Crippen LogP contribution in [-0.4, -0.2) is 40.7 Å². The zero-order chi connectivity index (χ0) is 7.70. The van der Waals surface area contributed by atoms with Gasteiger partial charge in [0.15, 0.2) is 0 Å². The van der Waals surface area contributed by atoms with E-state index in [1.807, 2.05) is 0 Å². The van der Waals surface area contributed by atoms with Crippen LogP contribution in [0.3, 0.4) is 0 Å². The van der Waals surface area contributed by atoms with Crippen molar-refractivity contribution < 1.29 is 20.3 Å². The van der Waals surface area contributed by atoms with Gasteiger partial charge in [0.05, 0.1) is 6.10 Å². The van der Waals surface area contributed by atoms with Crippen LogP contribution in [-0.2, 0) is 0 Å². The van der Waals surface area contributed by atoms with E-state index >= 15 is 0 Å². The fourth-order valence-electron chi connectivity index (χ4n) is 0.187. The molecular weight excluding hydrogens is 123 g/mol. The molecule has 0 fully saturated rings. The Bertz CT molecular complexity index is 41.5. The van der Waals surface area contributed by atoms with Gasteiger partial charge in [0.2, 0.25) is 0 Å². The molecule has 1 radical (unpaired) electrons. The fourth-order valence-corrected chi connectivity index (χ4v) is 0.187. The molecule has 9 heavy (non-hydrogen) atoms. The Morgan fingerprint density at radius 2 is 1.78 bits per heavy atom. The van der Waals surface area contributed by atoms with E-state index in [1.165, 1.54) is 0 Å². The summed E-state index contributed by atoms with van der Waals surface area (Å²) in [5.41, 5.74) is 0.